The van der Waals surface area contributed by atoms with Gasteiger partial charge >= 0.3 is 0 Å². The van der Waals surface area contributed by atoms with Gasteiger partial charge in [0, 0.05) is 30.2 Å². The van der Waals surface area contributed by atoms with Gasteiger partial charge in [0.1, 0.15) is 6.61 Å². The van der Waals surface area contributed by atoms with Crippen LogP contribution >= 0.6 is 0 Å². The Morgan fingerprint density at radius 3 is 3.08 bits per heavy atom. The van der Waals surface area contributed by atoms with Crippen LogP contribution in [-0.4, -0.2) is 27.5 Å². The third-order valence-corrected chi connectivity index (χ3v) is 3.87. The molecule has 0 aliphatic rings. The number of ether oxygens (including phenoxy) is 1. The van der Waals surface area contributed by atoms with Crippen LogP contribution in [0.2, 0.25) is 0 Å². The number of nitrogens with one attached hydrogen (secondary N) is 1. The van der Waals surface area contributed by atoms with Crippen molar-refractivity contribution in [3.05, 3.63) is 61.1 Å². The first-order valence-corrected chi connectivity index (χ1v) is 8.14. The third-order valence-electron chi connectivity index (χ3n) is 3.87. The summed E-state index contributed by atoms with van der Waals surface area (Å²) in [5, 5.41) is 3.43. The van der Waals surface area contributed by atoms with Crippen molar-refractivity contribution >= 4 is 5.65 Å². The maximum absolute atomic E-state index is 5.68. The lowest BCUT2D eigenvalue weighted by Gasteiger charge is -2.14. The van der Waals surface area contributed by atoms with E-state index in [0.717, 1.165) is 17.8 Å². The molecule has 124 valence electrons. The van der Waals surface area contributed by atoms with Crippen molar-refractivity contribution in [1.29, 1.82) is 0 Å². The molecule has 3 aromatic rings. The highest BCUT2D eigenvalue weighted by Crippen LogP contribution is 2.25. The number of benzene rings is 1. The molecule has 3 rings (SSSR count). The highest BCUT2D eigenvalue weighted by molar-refractivity contribution is 5.63. The number of fused-ring (bicyclic) bond motifs is 1. The molecule has 0 spiro atoms. The Hall–Kier alpha value is -2.66. The molecule has 0 unspecified atom stereocenters. The molecule has 0 aliphatic heterocycles. The second-order valence-corrected chi connectivity index (χ2v) is 5.59. The summed E-state index contributed by atoms with van der Waals surface area (Å²) in [6, 6.07) is 8.70. The van der Waals surface area contributed by atoms with Crippen molar-refractivity contribution in [3.8, 4) is 17.1 Å². The molecule has 2 heterocycles. The lowest BCUT2D eigenvalue weighted by molar-refractivity contribution is 0.351. The van der Waals surface area contributed by atoms with Gasteiger partial charge in [0.2, 0.25) is 5.65 Å². The monoisotopic (exact) mass is 322 g/mol. The van der Waals surface area contributed by atoms with Gasteiger partial charge in [0.15, 0.2) is 0 Å². The van der Waals surface area contributed by atoms with Gasteiger partial charge in [-0.25, -0.2) is 9.97 Å². The average molecular weight is 322 g/mol. The van der Waals surface area contributed by atoms with Crippen molar-refractivity contribution in [2.24, 2.45) is 0 Å². The smallest absolute Gasteiger partial charge is 0.259 e. The van der Waals surface area contributed by atoms with Gasteiger partial charge < -0.3 is 14.5 Å². The average Bonchev–Trinajstić information content (AvgIpc) is 3.08. The molecule has 0 saturated heterocycles. The Bertz CT molecular complexity index is 840. The van der Waals surface area contributed by atoms with Crippen LogP contribution in [0.3, 0.4) is 0 Å². The molecule has 0 aliphatic carbocycles. The first-order chi connectivity index (χ1) is 11.7. The van der Waals surface area contributed by atoms with Crippen molar-refractivity contribution in [3.63, 3.8) is 0 Å². The molecule has 5 nitrogen and oxygen atoms in total. The summed E-state index contributed by atoms with van der Waals surface area (Å²) in [5.74, 6) is 0.516. The van der Waals surface area contributed by atoms with E-state index >= 15 is 0 Å². The van der Waals surface area contributed by atoms with Gasteiger partial charge in [-0.3, -0.25) is 0 Å². The van der Waals surface area contributed by atoms with Gasteiger partial charge in [-0.1, -0.05) is 37.8 Å². The van der Waals surface area contributed by atoms with E-state index in [0.29, 0.717) is 24.2 Å². The number of imidazole rings is 1. The van der Waals surface area contributed by atoms with Crippen LogP contribution in [0.4, 0.5) is 0 Å². The Kier molecular flexibility index (Phi) is 4.91. The van der Waals surface area contributed by atoms with Crippen LogP contribution in [0.15, 0.2) is 55.5 Å². The van der Waals surface area contributed by atoms with Crippen LogP contribution in [0.5, 0.6) is 5.88 Å². The zero-order valence-electron chi connectivity index (χ0n) is 14.1. The summed E-state index contributed by atoms with van der Waals surface area (Å²) in [5.41, 5.74) is 3.84. The Balaban J connectivity index is 2.02. The zero-order chi connectivity index (χ0) is 16.9. The highest BCUT2D eigenvalue weighted by Gasteiger charge is 2.11. The van der Waals surface area contributed by atoms with E-state index in [1.54, 1.807) is 12.3 Å². The van der Waals surface area contributed by atoms with Gasteiger partial charge in [-0.15, -0.1) is 0 Å². The van der Waals surface area contributed by atoms with Crippen LogP contribution in [0.25, 0.3) is 16.9 Å². The topological polar surface area (TPSA) is 51.5 Å². The summed E-state index contributed by atoms with van der Waals surface area (Å²) < 4.78 is 7.61. The summed E-state index contributed by atoms with van der Waals surface area (Å²) in [6.45, 7) is 9.29. The maximum atomic E-state index is 5.68. The van der Waals surface area contributed by atoms with Gasteiger partial charge in [-0.2, -0.15) is 0 Å². The molecule has 1 atom stereocenters. The summed E-state index contributed by atoms with van der Waals surface area (Å²) in [7, 11) is 0. The van der Waals surface area contributed by atoms with Crippen molar-refractivity contribution in [2.45, 2.75) is 19.9 Å². The fourth-order valence-electron chi connectivity index (χ4n) is 2.67. The van der Waals surface area contributed by atoms with Gasteiger partial charge in [0.05, 0.1) is 5.69 Å². The molecule has 0 radical (unpaired) electrons. The van der Waals surface area contributed by atoms with E-state index in [-0.39, 0.29) is 0 Å². The Morgan fingerprint density at radius 2 is 2.29 bits per heavy atom. The molecule has 0 amide bonds. The number of nitrogens with zero attached hydrogens (tertiary/aromatic N) is 3. The largest absolute Gasteiger partial charge is 0.471 e. The quantitative estimate of drug-likeness (QED) is 0.675. The van der Waals surface area contributed by atoms with Crippen LogP contribution < -0.4 is 10.1 Å². The summed E-state index contributed by atoms with van der Waals surface area (Å²) in [6.07, 6.45) is 7.31. The van der Waals surface area contributed by atoms with E-state index < -0.39 is 0 Å². The van der Waals surface area contributed by atoms with E-state index in [1.807, 2.05) is 16.8 Å². The van der Waals surface area contributed by atoms with Crippen LogP contribution in [0, 0.1) is 0 Å². The molecule has 0 bridgehead atoms. The SMILES string of the molecule is C=CCOc1nc(-c2cccc([C@@H](C)NCC)c2)cn2ccnc12. The predicted molar refractivity (Wildman–Crippen MR) is 96.2 cm³/mol. The van der Waals surface area contributed by atoms with Gasteiger partial charge in [-0.05, 0) is 25.1 Å². The first kappa shape index (κ1) is 16.2. The lowest BCUT2D eigenvalue weighted by Crippen LogP contribution is -2.17. The second-order valence-electron chi connectivity index (χ2n) is 5.59. The minimum Gasteiger partial charge on any atom is -0.471 e. The second kappa shape index (κ2) is 7.27. The van der Waals surface area contributed by atoms with E-state index in [4.69, 9.17) is 4.74 Å². The van der Waals surface area contributed by atoms with E-state index in [1.165, 1.54) is 5.56 Å². The van der Waals surface area contributed by atoms with Crippen molar-refractivity contribution in [1.82, 2.24) is 19.7 Å². The van der Waals surface area contributed by atoms with E-state index in [2.05, 4.69) is 60.0 Å². The van der Waals surface area contributed by atoms with Crippen LogP contribution in [0.1, 0.15) is 25.5 Å². The molecular formula is C19H22N4O. The Labute approximate surface area is 142 Å². The molecular weight excluding hydrogens is 300 g/mol. The number of aromatic nitrogens is 3. The minimum absolute atomic E-state index is 0.295. The zero-order valence-corrected chi connectivity index (χ0v) is 14.1. The number of hydrogen-bond acceptors (Lipinski definition) is 4. The predicted octanol–water partition coefficient (Wildman–Crippen LogP) is 3.63. The molecule has 5 heteroatoms. The fourth-order valence-corrected chi connectivity index (χ4v) is 2.67. The fraction of sp³-hybridized carbons (Fsp3) is 0.263. The molecule has 1 aromatic carbocycles. The molecule has 24 heavy (non-hydrogen) atoms. The van der Waals surface area contributed by atoms with Crippen LogP contribution in [-0.2, 0) is 0 Å². The summed E-state index contributed by atoms with van der Waals surface area (Å²) in [4.78, 5) is 8.96. The molecule has 1 N–H and O–H groups in total. The first-order valence-electron chi connectivity index (χ1n) is 8.14. The molecule has 0 fully saturated rings. The maximum Gasteiger partial charge on any atom is 0.259 e. The standard InChI is InChI=1S/C19H22N4O/c1-4-11-24-19-18-21-9-10-23(18)13-17(22-19)16-8-6-7-15(12-16)14(3)20-5-2/h4,6-10,12-14,20H,1,5,11H2,2-3H3/t14-/m1/s1. The minimum atomic E-state index is 0.295. The van der Waals surface area contributed by atoms with Crippen molar-refractivity contribution in [2.75, 3.05) is 13.2 Å². The highest BCUT2D eigenvalue weighted by atomic mass is 16.5. The number of hydrogen-bond donors (Lipinski definition) is 1. The van der Waals surface area contributed by atoms with Crippen molar-refractivity contribution < 1.29 is 4.74 Å². The van der Waals surface area contributed by atoms with E-state index in [9.17, 15) is 0 Å². The summed E-state index contributed by atoms with van der Waals surface area (Å²) >= 11 is 0. The molecule has 0 saturated carbocycles. The Morgan fingerprint density at radius 1 is 1.42 bits per heavy atom. The normalized spacial score (nSPS) is 12.2. The third kappa shape index (κ3) is 3.31. The number of rotatable bonds is 7. The lowest BCUT2D eigenvalue weighted by atomic mass is 10.0. The molecule has 2 aromatic heterocycles. The van der Waals surface area contributed by atoms with Gasteiger partial charge in [0.25, 0.3) is 5.88 Å².